The number of benzene rings is 1. The summed E-state index contributed by atoms with van der Waals surface area (Å²) in [6.45, 7) is 4.66. The zero-order valence-corrected chi connectivity index (χ0v) is 18.9. The molecule has 1 saturated heterocycles. The lowest BCUT2D eigenvalue weighted by molar-refractivity contribution is -0.131. The van der Waals surface area contributed by atoms with Gasteiger partial charge in [0.1, 0.15) is 6.04 Å². The first-order chi connectivity index (χ1) is 14.9. The van der Waals surface area contributed by atoms with Crippen LogP contribution in [-0.4, -0.2) is 40.5 Å². The Balaban J connectivity index is 1.57. The fourth-order valence-corrected chi connectivity index (χ4v) is 4.91. The maximum Gasteiger partial charge on any atom is 0.276 e. The van der Waals surface area contributed by atoms with Gasteiger partial charge in [-0.1, -0.05) is 49.9 Å². The third kappa shape index (κ3) is 4.95. The molecule has 0 radical (unpaired) electrons. The molecule has 0 unspecified atom stereocenters. The van der Waals surface area contributed by atoms with Gasteiger partial charge in [0.2, 0.25) is 5.91 Å². The van der Waals surface area contributed by atoms with E-state index in [2.05, 4.69) is 24.3 Å². The molecular weight excluding hydrogens is 414 g/mol. The van der Waals surface area contributed by atoms with E-state index in [-0.39, 0.29) is 23.6 Å². The molecule has 0 bridgehead atoms. The topological polar surface area (TPSA) is 75.4 Å². The molecular formula is C24H30ClN3O3. The largest absolute Gasteiger partial charge is 0.355 e. The molecule has 1 saturated carbocycles. The number of carbonyl (C=O) groups is 2. The number of nitrogens with one attached hydrogen (secondary N) is 1. The number of nitrogens with zero attached hydrogens (tertiary/aromatic N) is 2. The number of piperazine rings is 1. The van der Waals surface area contributed by atoms with E-state index in [9.17, 15) is 9.59 Å². The van der Waals surface area contributed by atoms with Crippen LogP contribution in [0.1, 0.15) is 62.9 Å². The van der Waals surface area contributed by atoms with Crippen molar-refractivity contribution in [3.63, 3.8) is 0 Å². The SMILES string of the molecule is CC(C)C[C@H]1C(=O)N[C@@H](C2CCCCC2)CN1C(=O)c1cc(-c2ccc(Cl)cc2)on1. The van der Waals surface area contributed by atoms with Gasteiger partial charge in [-0.15, -0.1) is 0 Å². The van der Waals surface area contributed by atoms with Crippen molar-refractivity contribution in [2.24, 2.45) is 11.8 Å². The Morgan fingerprint density at radius 1 is 1.23 bits per heavy atom. The lowest BCUT2D eigenvalue weighted by atomic mass is 9.82. The number of aromatic nitrogens is 1. The first-order valence-corrected chi connectivity index (χ1v) is 11.6. The van der Waals surface area contributed by atoms with Crippen LogP contribution in [0.5, 0.6) is 0 Å². The highest BCUT2D eigenvalue weighted by Crippen LogP contribution is 2.30. The lowest BCUT2D eigenvalue weighted by Crippen LogP contribution is -2.63. The number of carbonyl (C=O) groups excluding carboxylic acids is 2. The fourth-order valence-electron chi connectivity index (χ4n) is 4.79. The monoisotopic (exact) mass is 443 g/mol. The van der Waals surface area contributed by atoms with Gasteiger partial charge in [-0.05, 0) is 55.4 Å². The Morgan fingerprint density at radius 3 is 2.61 bits per heavy atom. The number of halogens is 1. The molecule has 2 aromatic rings. The summed E-state index contributed by atoms with van der Waals surface area (Å²) in [5, 5.41) is 7.89. The molecule has 4 rings (SSSR count). The average molecular weight is 444 g/mol. The predicted molar refractivity (Wildman–Crippen MR) is 120 cm³/mol. The predicted octanol–water partition coefficient (Wildman–Crippen LogP) is 4.93. The maximum atomic E-state index is 13.5. The molecule has 7 heteroatoms. The molecule has 2 heterocycles. The Kier molecular flexibility index (Phi) is 6.65. The molecule has 31 heavy (non-hydrogen) atoms. The van der Waals surface area contributed by atoms with Crippen LogP contribution in [0.15, 0.2) is 34.9 Å². The highest BCUT2D eigenvalue weighted by Gasteiger charge is 2.41. The minimum Gasteiger partial charge on any atom is -0.355 e. The first-order valence-electron chi connectivity index (χ1n) is 11.3. The third-order valence-electron chi connectivity index (χ3n) is 6.43. The molecule has 2 aliphatic rings. The van der Waals surface area contributed by atoms with Gasteiger partial charge in [0.15, 0.2) is 11.5 Å². The van der Waals surface area contributed by atoms with Gasteiger partial charge in [0, 0.05) is 29.2 Å². The molecule has 6 nitrogen and oxygen atoms in total. The number of hydrogen-bond donors (Lipinski definition) is 1. The van der Waals surface area contributed by atoms with Crippen LogP contribution in [-0.2, 0) is 4.79 Å². The van der Waals surface area contributed by atoms with Crippen molar-refractivity contribution in [2.75, 3.05) is 6.54 Å². The summed E-state index contributed by atoms with van der Waals surface area (Å²) >= 11 is 5.96. The van der Waals surface area contributed by atoms with Crippen LogP contribution >= 0.6 is 11.6 Å². The van der Waals surface area contributed by atoms with Crippen molar-refractivity contribution in [2.45, 2.75) is 64.5 Å². The zero-order valence-electron chi connectivity index (χ0n) is 18.1. The van der Waals surface area contributed by atoms with Crippen LogP contribution in [0.3, 0.4) is 0 Å². The van der Waals surface area contributed by atoms with Gasteiger partial charge < -0.3 is 14.7 Å². The number of hydrogen-bond acceptors (Lipinski definition) is 4. The first kappa shape index (κ1) is 21.9. The lowest BCUT2D eigenvalue weighted by Gasteiger charge is -2.43. The summed E-state index contributed by atoms with van der Waals surface area (Å²) in [6.07, 6.45) is 6.46. The summed E-state index contributed by atoms with van der Waals surface area (Å²) < 4.78 is 5.45. The van der Waals surface area contributed by atoms with E-state index in [0.29, 0.717) is 35.6 Å². The standard InChI is InChI=1S/C24H30ClN3O3/c1-15(2)12-21-23(29)26-20(16-6-4-3-5-7-16)14-28(21)24(30)19-13-22(31-27-19)17-8-10-18(25)11-9-17/h8-11,13,15-16,20-21H,3-7,12,14H2,1-2H3,(H,26,29)/t20-,21+/m1/s1. The van der Waals surface area contributed by atoms with E-state index in [1.54, 1.807) is 23.1 Å². The summed E-state index contributed by atoms with van der Waals surface area (Å²) in [6, 6.07) is 8.36. The van der Waals surface area contributed by atoms with Crippen molar-refractivity contribution in [3.05, 3.63) is 41.0 Å². The molecule has 2 fully saturated rings. The van der Waals surface area contributed by atoms with Crippen LogP contribution in [0.25, 0.3) is 11.3 Å². The third-order valence-corrected chi connectivity index (χ3v) is 6.68. The van der Waals surface area contributed by atoms with E-state index in [4.69, 9.17) is 16.1 Å². The summed E-state index contributed by atoms with van der Waals surface area (Å²) in [7, 11) is 0. The van der Waals surface area contributed by atoms with Gasteiger partial charge in [0.25, 0.3) is 5.91 Å². The van der Waals surface area contributed by atoms with E-state index in [0.717, 1.165) is 18.4 Å². The number of rotatable bonds is 5. The molecule has 1 N–H and O–H groups in total. The second-order valence-corrected chi connectivity index (χ2v) is 9.64. The van der Waals surface area contributed by atoms with Gasteiger partial charge >= 0.3 is 0 Å². The smallest absolute Gasteiger partial charge is 0.276 e. The van der Waals surface area contributed by atoms with Crippen LogP contribution in [0.4, 0.5) is 0 Å². The summed E-state index contributed by atoms with van der Waals surface area (Å²) in [5.41, 5.74) is 1.03. The Hall–Kier alpha value is -2.34. The van der Waals surface area contributed by atoms with Gasteiger partial charge in [-0.3, -0.25) is 9.59 Å². The normalized spacial score (nSPS) is 22.6. The summed E-state index contributed by atoms with van der Waals surface area (Å²) in [4.78, 5) is 28.2. The molecule has 2 amide bonds. The molecule has 1 aromatic heterocycles. The van der Waals surface area contributed by atoms with Crippen LogP contribution in [0, 0.1) is 11.8 Å². The number of amides is 2. The molecule has 166 valence electrons. The van der Waals surface area contributed by atoms with Crippen molar-refractivity contribution < 1.29 is 14.1 Å². The fraction of sp³-hybridized carbons (Fsp3) is 0.542. The second-order valence-electron chi connectivity index (χ2n) is 9.20. The van der Waals surface area contributed by atoms with Gasteiger partial charge in [0.05, 0.1) is 0 Å². The zero-order chi connectivity index (χ0) is 22.0. The minimum absolute atomic E-state index is 0.00259. The molecule has 1 aromatic carbocycles. The quantitative estimate of drug-likeness (QED) is 0.710. The van der Waals surface area contributed by atoms with Crippen molar-refractivity contribution in [1.29, 1.82) is 0 Å². The Morgan fingerprint density at radius 2 is 1.94 bits per heavy atom. The van der Waals surface area contributed by atoms with Crippen molar-refractivity contribution >= 4 is 23.4 Å². The Bertz CT molecular complexity index is 918. The van der Waals surface area contributed by atoms with E-state index in [1.807, 2.05) is 12.1 Å². The van der Waals surface area contributed by atoms with E-state index in [1.165, 1.54) is 19.3 Å². The highest BCUT2D eigenvalue weighted by atomic mass is 35.5. The van der Waals surface area contributed by atoms with Gasteiger partial charge in [-0.2, -0.15) is 0 Å². The average Bonchev–Trinajstić information content (AvgIpc) is 3.25. The van der Waals surface area contributed by atoms with E-state index < -0.39 is 6.04 Å². The maximum absolute atomic E-state index is 13.5. The molecule has 2 atom stereocenters. The summed E-state index contributed by atoms with van der Waals surface area (Å²) in [5.74, 6) is 0.926. The van der Waals surface area contributed by atoms with Crippen molar-refractivity contribution in [1.82, 2.24) is 15.4 Å². The molecule has 1 aliphatic heterocycles. The molecule has 0 spiro atoms. The molecule has 1 aliphatic carbocycles. The Labute approximate surface area is 188 Å². The van der Waals surface area contributed by atoms with Crippen molar-refractivity contribution in [3.8, 4) is 11.3 Å². The van der Waals surface area contributed by atoms with E-state index >= 15 is 0 Å². The second kappa shape index (κ2) is 9.43. The minimum atomic E-state index is -0.483. The van der Waals surface area contributed by atoms with Gasteiger partial charge in [-0.25, -0.2) is 0 Å². The van der Waals surface area contributed by atoms with Crippen LogP contribution in [0.2, 0.25) is 5.02 Å². The highest BCUT2D eigenvalue weighted by molar-refractivity contribution is 6.30. The van der Waals surface area contributed by atoms with Crippen LogP contribution < -0.4 is 5.32 Å².